The van der Waals surface area contributed by atoms with Crippen molar-refractivity contribution in [3.05, 3.63) is 71.8 Å². The van der Waals surface area contributed by atoms with E-state index in [1.165, 1.54) is 17.5 Å². The van der Waals surface area contributed by atoms with E-state index in [0.717, 1.165) is 13.0 Å². The molecule has 1 atom stereocenters. The monoisotopic (exact) mass is 267 g/mol. The number of ether oxygens (including phenoxy) is 1. The summed E-state index contributed by atoms with van der Waals surface area (Å²) in [7, 11) is 1.82. The van der Waals surface area contributed by atoms with E-state index >= 15 is 0 Å². The van der Waals surface area contributed by atoms with Crippen molar-refractivity contribution in [2.75, 3.05) is 13.7 Å². The van der Waals surface area contributed by atoms with E-state index < -0.39 is 5.60 Å². The molecule has 2 heteroatoms. The van der Waals surface area contributed by atoms with Crippen LogP contribution in [0.15, 0.2) is 60.7 Å². The molecule has 2 nitrogen and oxygen atoms in total. The van der Waals surface area contributed by atoms with Crippen molar-refractivity contribution in [1.29, 1.82) is 0 Å². The summed E-state index contributed by atoms with van der Waals surface area (Å²) >= 11 is 0. The van der Waals surface area contributed by atoms with Gasteiger partial charge < -0.3 is 10.1 Å². The van der Waals surface area contributed by atoms with Gasteiger partial charge in [-0.1, -0.05) is 60.7 Å². The zero-order valence-corrected chi connectivity index (χ0v) is 11.9. The van der Waals surface area contributed by atoms with Crippen LogP contribution in [-0.2, 0) is 10.3 Å². The van der Waals surface area contributed by atoms with Gasteiger partial charge in [0.1, 0.15) is 5.60 Å². The van der Waals surface area contributed by atoms with Gasteiger partial charge in [-0.15, -0.1) is 0 Å². The molecule has 0 saturated carbocycles. The first-order valence-corrected chi connectivity index (χ1v) is 7.27. The fraction of sp³-hybridized carbons (Fsp3) is 0.333. The predicted octanol–water partition coefficient (Wildman–Crippen LogP) is 3.33. The molecule has 0 unspecified atom stereocenters. The van der Waals surface area contributed by atoms with E-state index in [0.29, 0.717) is 6.04 Å². The molecular weight excluding hydrogens is 246 g/mol. The highest BCUT2D eigenvalue weighted by molar-refractivity contribution is 5.39. The van der Waals surface area contributed by atoms with Crippen LogP contribution in [0, 0.1) is 0 Å². The van der Waals surface area contributed by atoms with Crippen LogP contribution < -0.4 is 5.32 Å². The molecule has 0 aliphatic carbocycles. The number of benzene rings is 2. The first-order chi connectivity index (χ1) is 9.88. The van der Waals surface area contributed by atoms with Crippen molar-refractivity contribution in [1.82, 2.24) is 5.32 Å². The third kappa shape index (κ3) is 2.15. The Morgan fingerprint density at radius 1 is 0.950 bits per heavy atom. The van der Waals surface area contributed by atoms with Crippen LogP contribution in [0.3, 0.4) is 0 Å². The maximum Gasteiger partial charge on any atom is 0.133 e. The van der Waals surface area contributed by atoms with Crippen molar-refractivity contribution in [3.8, 4) is 0 Å². The Morgan fingerprint density at radius 2 is 1.50 bits per heavy atom. The van der Waals surface area contributed by atoms with Crippen LogP contribution in [0.4, 0.5) is 0 Å². The topological polar surface area (TPSA) is 21.3 Å². The first-order valence-electron chi connectivity index (χ1n) is 7.27. The van der Waals surface area contributed by atoms with E-state index in [9.17, 15) is 0 Å². The zero-order valence-electron chi connectivity index (χ0n) is 11.9. The molecule has 1 heterocycles. The highest BCUT2D eigenvalue weighted by Crippen LogP contribution is 2.39. The second-order valence-electron chi connectivity index (χ2n) is 5.32. The minimum Gasteiger partial charge on any atom is -0.367 e. The van der Waals surface area contributed by atoms with E-state index in [-0.39, 0.29) is 0 Å². The summed E-state index contributed by atoms with van der Waals surface area (Å²) in [6.07, 6.45) is 2.34. The lowest BCUT2D eigenvalue weighted by Gasteiger charge is -2.39. The molecule has 0 bridgehead atoms. The number of nitrogens with one attached hydrogen (secondary N) is 1. The normalized spacial score (nSPS) is 19.1. The lowest BCUT2D eigenvalue weighted by molar-refractivity contribution is -0.00627. The van der Waals surface area contributed by atoms with Crippen molar-refractivity contribution in [3.63, 3.8) is 0 Å². The molecule has 1 saturated heterocycles. The molecule has 2 aromatic carbocycles. The maximum absolute atomic E-state index is 6.13. The number of rotatable bonds is 4. The number of methoxy groups -OCH3 is 1. The number of hydrogen-bond donors (Lipinski definition) is 1. The van der Waals surface area contributed by atoms with E-state index in [2.05, 4.69) is 66.0 Å². The van der Waals surface area contributed by atoms with Crippen molar-refractivity contribution in [2.45, 2.75) is 24.5 Å². The Kier molecular flexibility index (Phi) is 3.86. The SMILES string of the molecule is COC(c1ccccc1)(c1ccccc1)[C@@H]1CCCN1. The van der Waals surface area contributed by atoms with Gasteiger partial charge >= 0.3 is 0 Å². The smallest absolute Gasteiger partial charge is 0.133 e. The molecule has 0 radical (unpaired) electrons. The summed E-state index contributed by atoms with van der Waals surface area (Å²) in [4.78, 5) is 0. The largest absolute Gasteiger partial charge is 0.367 e. The van der Waals surface area contributed by atoms with Gasteiger partial charge in [0.2, 0.25) is 0 Å². The fourth-order valence-corrected chi connectivity index (χ4v) is 3.35. The van der Waals surface area contributed by atoms with Crippen LogP contribution in [-0.4, -0.2) is 19.7 Å². The van der Waals surface area contributed by atoms with Crippen molar-refractivity contribution >= 4 is 0 Å². The molecular formula is C18H21NO. The van der Waals surface area contributed by atoms with E-state index in [1.54, 1.807) is 0 Å². The first kappa shape index (κ1) is 13.3. The summed E-state index contributed by atoms with van der Waals surface area (Å²) in [6.45, 7) is 1.06. The molecule has 20 heavy (non-hydrogen) atoms. The minimum absolute atomic E-state index is 0.317. The van der Waals surface area contributed by atoms with Crippen LogP contribution in [0.25, 0.3) is 0 Å². The molecule has 3 rings (SSSR count). The molecule has 0 amide bonds. The lowest BCUT2D eigenvalue weighted by atomic mass is 9.79. The molecule has 1 aliphatic rings. The van der Waals surface area contributed by atoms with Crippen molar-refractivity contribution < 1.29 is 4.74 Å². The molecule has 0 aromatic heterocycles. The van der Waals surface area contributed by atoms with Crippen LogP contribution in [0.2, 0.25) is 0 Å². The van der Waals surface area contributed by atoms with E-state index in [4.69, 9.17) is 4.74 Å². The van der Waals surface area contributed by atoms with Crippen LogP contribution >= 0.6 is 0 Å². The fourth-order valence-electron chi connectivity index (χ4n) is 3.35. The average molecular weight is 267 g/mol. The van der Waals surface area contributed by atoms with Gasteiger partial charge in [-0.05, 0) is 30.5 Å². The van der Waals surface area contributed by atoms with Crippen LogP contribution in [0.1, 0.15) is 24.0 Å². The Morgan fingerprint density at radius 3 is 1.90 bits per heavy atom. The molecule has 2 aromatic rings. The molecule has 0 spiro atoms. The zero-order chi connectivity index (χ0) is 13.8. The minimum atomic E-state index is -0.404. The molecule has 1 fully saturated rings. The van der Waals surface area contributed by atoms with Gasteiger partial charge in [0.25, 0.3) is 0 Å². The van der Waals surface area contributed by atoms with Gasteiger partial charge in [0.05, 0.1) is 0 Å². The summed E-state index contributed by atoms with van der Waals surface area (Å²) < 4.78 is 6.13. The quantitative estimate of drug-likeness (QED) is 0.917. The highest BCUT2D eigenvalue weighted by Gasteiger charge is 2.43. The Hall–Kier alpha value is -1.64. The lowest BCUT2D eigenvalue weighted by Crippen LogP contribution is -2.47. The molecule has 104 valence electrons. The van der Waals surface area contributed by atoms with Crippen LogP contribution in [0.5, 0.6) is 0 Å². The average Bonchev–Trinajstić information content (AvgIpc) is 3.06. The molecule has 1 aliphatic heterocycles. The van der Waals surface area contributed by atoms with Gasteiger partial charge in [-0.25, -0.2) is 0 Å². The Bertz CT molecular complexity index is 492. The molecule has 1 N–H and O–H groups in total. The second kappa shape index (κ2) is 5.78. The summed E-state index contributed by atoms with van der Waals surface area (Å²) in [5.74, 6) is 0. The second-order valence-corrected chi connectivity index (χ2v) is 5.32. The summed E-state index contributed by atoms with van der Waals surface area (Å²) in [5.41, 5.74) is 2.03. The van der Waals surface area contributed by atoms with Gasteiger partial charge in [0, 0.05) is 13.2 Å². The maximum atomic E-state index is 6.13. The predicted molar refractivity (Wildman–Crippen MR) is 81.7 cm³/mol. The third-order valence-electron chi connectivity index (χ3n) is 4.28. The Labute approximate surface area is 120 Å². The summed E-state index contributed by atoms with van der Waals surface area (Å²) in [6, 6.07) is 21.4. The Balaban J connectivity index is 2.15. The van der Waals surface area contributed by atoms with Gasteiger partial charge in [-0.2, -0.15) is 0 Å². The number of hydrogen-bond acceptors (Lipinski definition) is 2. The van der Waals surface area contributed by atoms with E-state index in [1.807, 2.05) is 7.11 Å². The highest BCUT2D eigenvalue weighted by atomic mass is 16.5. The summed E-state index contributed by atoms with van der Waals surface area (Å²) in [5, 5.41) is 3.62. The van der Waals surface area contributed by atoms with Gasteiger partial charge in [0.15, 0.2) is 0 Å². The third-order valence-corrected chi connectivity index (χ3v) is 4.28. The van der Waals surface area contributed by atoms with Gasteiger partial charge in [-0.3, -0.25) is 0 Å². The van der Waals surface area contributed by atoms with Crippen molar-refractivity contribution in [2.24, 2.45) is 0 Å². The standard InChI is InChI=1S/C18H21NO/c1-20-18(17-13-8-14-19-17,15-9-4-2-5-10-15)16-11-6-3-7-12-16/h2-7,9-12,17,19H,8,13-14H2,1H3/t17-/m0/s1.